The normalized spacial score (nSPS) is 15.7. The third-order valence-electron chi connectivity index (χ3n) is 4.75. The van der Waals surface area contributed by atoms with Crippen LogP contribution in [-0.4, -0.2) is 5.78 Å². The van der Waals surface area contributed by atoms with Crippen LogP contribution in [0.1, 0.15) is 32.8 Å². The molecule has 0 aliphatic heterocycles. The van der Waals surface area contributed by atoms with Gasteiger partial charge in [-0.2, -0.15) is 26.3 Å². The summed E-state index contributed by atoms with van der Waals surface area (Å²) in [6.07, 6.45) is -8.08. The van der Waals surface area contributed by atoms with Crippen LogP contribution in [0.25, 0.3) is 17.4 Å². The monoisotopic (exact) mass is 422 g/mol. The maximum absolute atomic E-state index is 13.1. The van der Waals surface area contributed by atoms with Crippen molar-refractivity contribution in [2.24, 2.45) is 0 Å². The summed E-state index contributed by atoms with van der Waals surface area (Å²) >= 11 is 0. The van der Waals surface area contributed by atoms with Gasteiger partial charge in [0.1, 0.15) is 11.5 Å². The number of Topliss-reactive ketones (excluding diaryl/α,β-unsaturated/α-hetero) is 1. The molecule has 2 aromatic carbocycles. The molecule has 0 unspecified atom stereocenters. The molecule has 1 heterocycles. The van der Waals surface area contributed by atoms with E-state index in [1.165, 1.54) is 18.2 Å². The van der Waals surface area contributed by atoms with Crippen LogP contribution in [-0.2, 0) is 18.8 Å². The zero-order valence-corrected chi connectivity index (χ0v) is 15.1. The van der Waals surface area contributed by atoms with Gasteiger partial charge in [0.25, 0.3) is 0 Å². The van der Waals surface area contributed by atoms with E-state index in [-0.39, 0.29) is 28.9 Å². The van der Waals surface area contributed by atoms with Crippen LogP contribution < -0.4 is 0 Å². The number of fused-ring (bicyclic) bond motifs is 1. The number of allylic oxidation sites excluding steroid dienone is 1. The Morgan fingerprint density at radius 2 is 1.47 bits per heavy atom. The van der Waals surface area contributed by atoms with Gasteiger partial charge in [-0.1, -0.05) is 24.3 Å². The topological polar surface area (TPSA) is 30.2 Å². The second-order valence-electron chi connectivity index (χ2n) is 6.83. The number of carbonyl (C=O) groups excluding carboxylic acids is 1. The van der Waals surface area contributed by atoms with E-state index in [0.29, 0.717) is 29.7 Å². The van der Waals surface area contributed by atoms with Crippen molar-refractivity contribution in [3.63, 3.8) is 0 Å². The summed E-state index contributed by atoms with van der Waals surface area (Å²) in [6, 6.07) is 11.0. The number of carbonyl (C=O) groups is 1. The van der Waals surface area contributed by atoms with Crippen molar-refractivity contribution in [3.8, 4) is 11.3 Å². The van der Waals surface area contributed by atoms with Crippen LogP contribution in [0.2, 0.25) is 0 Å². The van der Waals surface area contributed by atoms with Gasteiger partial charge >= 0.3 is 12.4 Å². The van der Waals surface area contributed by atoms with Gasteiger partial charge in [-0.05, 0) is 42.0 Å². The van der Waals surface area contributed by atoms with E-state index in [1.54, 1.807) is 18.2 Å². The first-order valence-corrected chi connectivity index (χ1v) is 8.75. The molecule has 0 bridgehead atoms. The van der Waals surface area contributed by atoms with Gasteiger partial charge in [-0.3, -0.25) is 4.79 Å². The van der Waals surface area contributed by atoms with Crippen LogP contribution in [0.15, 0.2) is 64.6 Å². The smallest absolute Gasteiger partial charge is 0.416 e. The third-order valence-corrected chi connectivity index (χ3v) is 4.75. The fourth-order valence-electron chi connectivity index (χ4n) is 3.33. The predicted molar refractivity (Wildman–Crippen MR) is 96.6 cm³/mol. The Morgan fingerprint density at radius 1 is 0.833 bits per heavy atom. The van der Waals surface area contributed by atoms with Crippen LogP contribution in [0.4, 0.5) is 26.3 Å². The Balaban J connectivity index is 1.71. The average molecular weight is 422 g/mol. The maximum atomic E-state index is 13.1. The van der Waals surface area contributed by atoms with Crippen molar-refractivity contribution in [2.45, 2.75) is 18.8 Å². The van der Waals surface area contributed by atoms with Crippen molar-refractivity contribution >= 4 is 11.9 Å². The Labute approximate surface area is 166 Å². The molecule has 3 aromatic rings. The highest BCUT2D eigenvalue weighted by Crippen LogP contribution is 2.39. The zero-order chi connectivity index (χ0) is 21.7. The second kappa shape index (κ2) is 6.90. The molecular formula is C22H12F6O2. The standard InChI is InChI=1S/C22H12F6O2/c23-21(24,25)15-8-13(9-16(11-15)22(26,27)28)19-6-5-17(30-19)10-14-7-12-3-1-2-4-18(12)20(14)29/h1-6,8-11H,7H2. The van der Waals surface area contributed by atoms with Crippen molar-refractivity contribution in [1.82, 2.24) is 0 Å². The summed E-state index contributed by atoms with van der Waals surface area (Å²) in [5.41, 5.74) is -1.38. The molecule has 1 aromatic heterocycles. The van der Waals surface area contributed by atoms with Crippen LogP contribution in [0.5, 0.6) is 0 Å². The Hall–Kier alpha value is -3.29. The quantitative estimate of drug-likeness (QED) is 0.336. The molecular weight excluding hydrogens is 410 g/mol. The average Bonchev–Trinajstić information content (AvgIpc) is 3.26. The minimum atomic E-state index is -4.95. The SMILES string of the molecule is O=C1C(=Cc2ccc(-c3cc(C(F)(F)F)cc(C(F)(F)F)c3)o2)Cc2ccccc21. The lowest BCUT2D eigenvalue weighted by atomic mass is 10.0. The van der Waals surface area contributed by atoms with Gasteiger partial charge in [-0.25, -0.2) is 0 Å². The van der Waals surface area contributed by atoms with Gasteiger partial charge in [0.15, 0.2) is 5.78 Å². The number of halogens is 6. The number of alkyl halides is 6. The van der Waals surface area contributed by atoms with E-state index in [4.69, 9.17) is 4.42 Å². The number of rotatable bonds is 2. The largest absolute Gasteiger partial charge is 0.457 e. The molecule has 0 saturated heterocycles. The highest BCUT2D eigenvalue weighted by Gasteiger charge is 2.37. The first kappa shape index (κ1) is 20.0. The molecule has 8 heteroatoms. The molecule has 0 saturated carbocycles. The van der Waals surface area contributed by atoms with Crippen LogP contribution in [0.3, 0.4) is 0 Å². The fraction of sp³-hybridized carbons (Fsp3) is 0.136. The Kier molecular flexibility index (Phi) is 4.60. The highest BCUT2D eigenvalue weighted by atomic mass is 19.4. The Morgan fingerprint density at radius 3 is 2.07 bits per heavy atom. The van der Waals surface area contributed by atoms with Crippen LogP contribution >= 0.6 is 0 Å². The molecule has 1 aliphatic carbocycles. The van der Waals surface area contributed by atoms with Crippen molar-refractivity contribution in [3.05, 3.63) is 88.2 Å². The molecule has 0 spiro atoms. The minimum Gasteiger partial charge on any atom is -0.457 e. The minimum absolute atomic E-state index is 0.0593. The van der Waals surface area contributed by atoms with Gasteiger partial charge in [0.05, 0.1) is 11.1 Å². The molecule has 1 aliphatic rings. The first-order valence-electron chi connectivity index (χ1n) is 8.75. The van der Waals surface area contributed by atoms with E-state index in [2.05, 4.69) is 0 Å². The van der Waals surface area contributed by atoms with Crippen molar-refractivity contribution in [1.29, 1.82) is 0 Å². The number of hydrogen-bond donors (Lipinski definition) is 0. The van der Waals surface area contributed by atoms with Gasteiger partial charge in [0, 0.05) is 23.1 Å². The van der Waals surface area contributed by atoms with E-state index in [1.807, 2.05) is 6.07 Å². The van der Waals surface area contributed by atoms with Gasteiger partial charge in [0.2, 0.25) is 0 Å². The lowest BCUT2D eigenvalue weighted by Crippen LogP contribution is -2.11. The molecule has 2 nitrogen and oxygen atoms in total. The number of hydrogen-bond acceptors (Lipinski definition) is 2. The lowest BCUT2D eigenvalue weighted by Gasteiger charge is -2.13. The number of furan rings is 1. The summed E-state index contributed by atoms with van der Waals surface area (Å²) < 4.78 is 83.8. The number of ketones is 1. The summed E-state index contributed by atoms with van der Waals surface area (Å²) in [6.45, 7) is 0. The zero-order valence-electron chi connectivity index (χ0n) is 15.1. The molecule has 30 heavy (non-hydrogen) atoms. The molecule has 4 rings (SSSR count). The van der Waals surface area contributed by atoms with E-state index in [0.717, 1.165) is 5.56 Å². The van der Waals surface area contributed by atoms with Crippen molar-refractivity contribution < 1.29 is 35.6 Å². The summed E-state index contributed by atoms with van der Waals surface area (Å²) in [7, 11) is 0. The third kappa shape index (κ3) is 3.77. The molecule has 0 N–H and O–H groups in total. The van der Waals surface area contributed by atoms with E-state index >= 15 is 0 Å². The van der Waals surface area contributed by atoms with Gasteiger partial charge < -0.3 is 4.42 Å². The van der Waals surface area contributed by atoms with Gasteiger partial charge in [-0.15, -0.1) is 0 Å². The molecule has 0 radical (unpaired) electrons. The molecule has 0 amide bonds. The molecule has 0 fully saturated rings. The predicted octanol–water partition coefficient (Wildman–Crippen LogP) is 6.81. The summed E-state index contributed by atoms with van der Waals surface area (Å²) in [5, 5.41) is 0. The summed E-state index contributed by atoms with van der Waals surface area (Å²) in [5.74, 6) is -0.199. The van der Waals surface area contributed by atoms with Crippen molar-refractivity contribution in [2.75, 3.05) is 0 Å². The summed E-state index contributed by atoms with van der Waals surface area (Å²) in [4.78, 5) is 12.4. The van der Waals surface area contributed by atoms with E-state index < -0.39 is 23.5 Å². The fourth-order valence-corrected chi connectivity index (χ4v) is 3.33. The number of benzene rings is 2. The Bertz CT molecular complexity index is 1130. The first-order chi connectivity index (χ1) is 14.0. The lowest BCUT2D eigenvalue weighted by molar-refractivity contribution is -0.143. The highest BCUT2D eigenvalue weighted by molar-refractivity contribution is 6.15. The maximum Gasteiger partial charge on any atom is 0.416 e. The second-order valence-corrected chi connectivity index (χ2v) is 6.83. The molecule has 154 valence electrons. The van der Waals surface area contributed by atoms with Crippen LogP contribution in [0, 0.1) is 0 Å². The molecule has 0 atom stereocenters. The van der Waals surface area contributed by atoms with E-state index in [9.17, 15) is 31.1 Å².